The van der Waals surface area contributed by atoms with E-state index >= 15 is 0 Å². The molecule has 19 heavy (non-hydrogen) atoms. The van der Waals surface area contributed by atoms with Crippen LogP contribution in [-0.4, -0.2) is 21.5 Å². The van der Waals surface area contributed by atoms with Gasteiger partial charge in [-0.3, -0.25) is 4.98 Å². The highest BCUT2D eigenvalue weighted by Crippen LogP contribution is 2.20. The molecule has 0 aliphatic rings. The largest absolute Gasteiger partial charge is 0.307 e. The zero-order valence-corrected chi connectivity index (χ0v) is 11.9. The molecule has 0 aliphatic heterocycles. The van der Waals surface area contributed by atoms with Crippen LogP contribution in [0.15, 0.2) is 30.9 Å². The van der Waals surface area contributed by atoms with Crippen molar-refractivity contribution < 1.29 is 0 Å². The predicted octanol–water partition coefficient (Wildman–Crippen LogP) is 2.73. The summed E-state index contributed by atoms with van der Waals surface area (Å²) in [5.41, 5.74) is 2.10. The minimum Gasteiger partial charge on any atom is -0.307 e. The van der Waals surface area contributed by atoms with Crippen molar-refractivity contribution in [2.24, 2.45) is 0 Å². The third-order valence-electron chi connectivity index (χ3n) is 2.84. The summed E-state index contributed by atoms with van der Waals surface area (Å²) in [6.45, 7) is 4.89. The summed E-state index contributed by atoms with van der Waals surface area (Å²) in [5, 5.41) is 4.07. The standard InChI is InChI=1S/C14H17ClN4/c1-3-17-13(14-18-7-10(2)8-19-14)6-11-4-5-16-9-12(11)15/h4-5,7-9,13,17H,3,6H2,1-2H3. The van der Waals surface area contributed by atoms with E-state index in [4.69, 9.17) is 11.6 Å². The molecule has 2 aromatic rings. The van der Waals surface area contributed by atoms with Crippen LogP contribution in [0.3, 0.4) is 0 Å². The molecule has 0 saturated carbocycles. The zero-order chi connectivity index (χ0) is 13.7. The van der Waals surface area contributed by atoms with Crippen molar-refractivity contribution in [3.63, 3.8) is 0 Å². The van der Waals surface area contributed by atoms with Crippen molar-refractivity contribution in [3.05, 3.63) is 52.8 Å². The Labute approximate surface area is 118 Å². The molecule has 100 valence electrons. The quantitative estimate of drug-likeness (QED) is 0.912. The molecule has 2 aromatic heterocycles. The second kappa shape index (κ2) is 6.59. The van der Waals surface area contributed by atoms with Crippen LogP contribution in [0.5, 0.6) is 0 Å². The maximum absolute atomic E-state index is 6.15. The van der Waals surface area contributed by atoms with Crippen LogP contribution in [0, 0.1) is 6.92 Å². The average Bonchev–Trinajstić information content (AvgIpc) is 2.42. The lowest BCUT2D eigenvalue weighted by Gasteiger charge is -2.17. The Balaban J connectivity index is 2.21. The summed E-state index contributed by atoms with van der Waals surface area (Å²) in [4.78, 5) is 12.8. The van der Waals surface area contributed by atoms with E-state index in [0.717, 1.165) is 29.9 Å². The van der Waals surface area contributed by atoms with Gasteiger partial charge < -0.3 is 5.32 Å². The molecule has 5 heteroatoms. The lowest BCUT2D eigenvalue weighted by Crippen LogP contribution is -2.25. The second-order valence-corrected chi connectivity index (χ2v) is 4.81. The Morgan fingerprint density at radius 2 is 2.00 bits per heavy atom. The molecule has 0 radical (unpaired) electrons. The minimum absolute atomic E-state index is 0.0606. The smallest absolute Gasteiger partial charge is 0.145 e. The number of rotatable bonds is 5. The molecule has 4 nitrogen and oxygen atoms in total. The Kier molecular flexibility index (Phi) is 4.82. The first-order chi connectivity index (χ1) is 9.20. The molecule has 0 aliphatic carbocycles. The van der Waals surface area contributed by atoms with E-state index in [9.17, 15) is 0 Å². The molecule has 1 unspecified atom stereocenters. The number of hydrogen-bond acceptors (Lipinski definition) is 4. The van der Waals surface area contributed by atoms with Gasteiger partial charge in [-0.05, 0) is 37.1 Å². The summed E-state index contributed by atoms with van der Waals surface area (Å²) in [7, 11) is 0. The van der Waals surface area contributed by atoms with E-state index in [0.29, 0.717) is 5.02 Å². The number of aryl methyl sites for hydroxylation is 1. The van der Waals surface area contributed by atoms with Gasteiger partial charge in [0.15, 0.2) is 0 Å². The van der Waals surface area contributed by atoms with E-state index < -0.39 is 0 Å². The highest BCUT2D eigenvalue weighted by molar-refractivity contribution is 6.31. The van der Waals surface area contributed by atoms with Crippen molar-refractivity contribution in [1.82, 2.24) is 20.3 Å². The van der Waals surface area contributed by atoms with E-state index in [1.54, 1.807) is 12.4 Å². The van der Waals surface area contributed by atoms with E-state index in [2.05, 4.69) is 27.2 Å². The van der Waals surface area contributed by atoms with Gasteiger partial charge in [0, 0.05) is 24.8 Å². The first-order valence-electron chi connectivity index (χ1n) is 6.31. The summed E-state index contributed by atoms with van der Waals surface area (Å²) < 4.78 is 0. The lowest BCUT2D eigenvalue weighted by atomic mass is 10.1. The molecular formula is C14H17ClN4. The van der Waals surface area contributed by atoms with Gasteiger partial charge >= 0.3 is 0 Å². The fourth-order valence-corrected chi connectivity index (χ4v) is 2.07. The van der Waals surface area contributed by atoms with Crippen LogP contribution in [0.1, 0.15) is 29.9 Å². The van der Waals surface area contributed by atoms with E-state index in [-0.39, 0.29) is 6.04 Å². The molecule has 0 spiro atoms. The molecule has 2 heterocycles. The number of likely N-dealkylation sites (N-methyl/N-ethyl adjacent to an activating group) is 1. The molecule has 1 N–H and O–H groups in total. The Hall–Kier alpha value is -1.52. The van der Waals surface area contributed by atoms with Gasteiger partial charge in [0.25, 0.3) is 0 Å². The fourth-order valence-electron chi connectivity index (χ4n) is 1.87. The zero-order valence-electron chi connectivity index (χ0n) is 11.1. The number of nitrogens with one attached hydrogen (secondary N) is 1. The number of pyridine rings is 1. The number of halogens is 1. The van der Waals surface area contributed by atoms with Crippen LogP contribution in [-0.2, 0) is 6.42 Å². The maximum atomic E-state index is 6.15. The highest BCUT2D eigenvalue weighted by atomic mass is 35.5. The third-order valence-corrected chi connectivity index (χ3v) is 3.18. The highest BCUT2D eigenvalue weighted by Gasteiger charge is 2.15. The van der Waals surface area contributed by atoms with Gasteiger partial charge in [-0.25, -0.2) is 9.97 Å². The van der Waals surface area contributed by atoms with Crippen molar-refractivity contribution >= 4 is 11.6 Å². The molecule has 0 amide bonds. The Morgan fingerprint density at radius 3 is 2.63 bits per heavy atom. The average molecular weight is 277 g/mol. The van der Waals surface area contributed by atoms with Gasteiger partial charge in [0.1, 0.15) is 5.82 Å². The van der Waals surface area contributed by atoms with Crippen LogP contribution in [0.25, 0.3) is 0 Å². The maximum Gasteiger partial charge on any atom is 0.145 e. The van der Waals surface area contributed by atoms with Crippen molar-refractivity contribution in [1.29, 1.82) is 0 Å². The molecule has 0 aromatic carbocycles. The molecule has 0 fully saturated rings. The van der Waals surface area contributed by atoms with Crippen LogP contribution >= 0.6 is 11.6 Å². The number of hydrogen-bond donors (Lipinski definition) is 1. The summed E-state index contributed by atoms with van der Waals surface area (Å²) >= 11 is 6.15. The lowest BCUT2D eigenvalue weighted by molar-refractivity contribution is 0.521. The van der Waals surface area contributed by atoms with Gasteiger partial charge in [-0.1, -0.05) is 18.5 Å². The second-order valence-electron chi connectivity index (χ2n) is 4.40. The monoisotopic (exact) mass is 276 g/mol. The fraction of sp³-hybridized carbons (Fsp3) is 0.357. The van der Waals surface area contributed by atoms with Crippen molar-refractivity contribution in [3.8, 4) is 0 Å². The Morgan fingerprint density at radius 1 is 1.26 bits per heavy atom. The van der Waals surface area contributed by atoms with E-state index in [1.807, 2.05) is 25.4 Å². The molecule has 0 bridgehead atoms. The van der Waals surface area contributed by atoms with Gasteiger partial charge in [-0.2, -0.15) is 0 Å². The number of aromatic nitrogens is 3. The summed E-state index contributed by atoms with van der Waals surface area (Å²) in [6.07, 6.45) is 7.83. The molecule has 0 saturated heterocycles. The van der Waals surface area contributed by atoms with Crippen molar-refractivity contribution in [2.75, 3.05) is 6.54 Å². The summed E-state index contributed by atoms with van der Waals surface area (Å²) in [6, 6.07) is 1.99. The first-order valence-corrected chi connectivity index (χ1v) is 6.68. The minimum atomic E-state index is 0.0606. The van der Waals surface area contributed by atoms with Crippen LogP contribution in [0.2, 0.25) is 5.02 Å². The predicted molar refractivity (Wildman–Crippen MR) is 76.1 cm³/mol. The number of nitrogens with zero attached hydrogens (tertiary/aromatic N) is 3. The first kappa shape index (κ1) is 13.9. The van der Waals surface area contributed by atoms with Crippen LogP contribution in [0.4, 0.5) is 0 Å². The molecule has 2 rings (SSSR count). The van der Waals surface area contributed by atoms with E-state index in [1.165, 1.54) is 0 Å². The third kappa shape index (κ3) is 3.72. The summed E-state index contributed by atoms with van der Waals surface area (Å²) in [5.74, 6) is 0.792. The molecular weight excluding hydrogens is 260 g/mol. The normalized spacial score (nSPS) is 12.4. The van der Waals surface area contributed by atoms with Gasteiger partial charge in [-0.15, -0.1) is 0 Å². The molecule has 1 atom stereocenters. The van der Waals surface area contributed by atoms with Gasteiger partial charge in [0.05, 0.1) is 11.1 Å². The Bertz CT molecular complexity index is 527. The van der Waals surface area contributed by atoms with Crippen LogP contribution < -0.4 is 5.32 Å². The topological polar surface area (TPSA) is 50.7 Å². The SMILES string of the molecule is CCNC(Cc1ccncc1Cl)c1ncc(C)cn1. The van der Waals surface area contributed by atoms with Crippen molar-refractivity contribution in [2.45, 2.75) is 26.3 Å². The van der Waals surface area contributed by atoms with Gasteiger partial charge in [0.2, 0.25) is 0 Å².